The van der Waals surface area contributed by atoms with Gasteiger partial charge in [0.1, 0.15) is 15.8 Å². The molecular weight excluding hydrogens is 510 g/mol. The van der Waals surface area contributed by atoms with E-state index in [0.29, 0.717) is 28.3 Å². The second-order valence-electron chi connectivity index (χ2n) is 10.1. The summed E-state index contributed by atoms with van der Waals surface area (Å²) in [5, 5.41) is 4.98. The van der Waals surface area contributed by atoms with Gasteiger partial charge in [0, 0.05) is 29.4 Å². The minimum absolute atomic E-state index is 0.0142. The Bertz CT molecular complexity index is 1300. The van der Waals surface area contributed by atoms with Gasteiger partial charge in [-0.3, -0.25) is 9.69 Å². The summed E-state index contributed by atoms with van der Waals surface area (Å²) in [6, 6.07) is 16.1. The zero-order chi connectivity index (χ0) is 27.1. The summed E-state index contributed by atoms with van der Waals surface area (Å²) in [5.41, 5.74) is 4.66. The third kappa shape index (κ3) is 6.75. The Balaban J connectivity index is 1.68. The van der Waals surface area contributed by atoms with Crippen LogP contribution >= 0.6 is 24.0 Å². The first kappa shape index (κ1) is 28.1. The molecule has 0 radical (unpaired) electrons. The van der Waals surface area contributed by atoms with E-state index in [1.165, 1.54) is 31.0 Å². The molecule has 5 nitrogen and oxygen atoms in total. The van der Waals surface area contributed by atoms with Crippen molar-refractivity contribution in [2.45, 2.75) is 59.8 Å². The van der Waals surface area contributed by atoms with E-state index in [1.807, 2.05) is 59.4 Å². The number of thioether (sulfide) groups is 1. The highest BCUT2D eigenvalue weighted by molar-refractivity contribution is 8.26. The molecule has 2 heterocycles. The van der Waals surface area contributed by atoms with Crippen LogP contribution in [0.5, 0.6) is 5.75 Å². The number of nitrogens with zero attached hydrogens (tertiary/aromatic N) is 3. The third-order valence-electron chi connectivity index (χ3n) is 6.52. The van der Waals surface area contributed by atoms with Crippen LogP contribution in [-0.2, 0) is 4.79 Å². The number of rotatable bonds is 12. The number of hydrogen-bond donors (Lipinski definition) is 0. The predicted molar refractivity (Wildman–Crippen MR) is 163 cm³/mol. The number of aromatic nitrogens is 2. The van der Waals surface area contributed by atoms with Crippen molar-refractivity contribution in [3.63, 3.8) is 0 Å². The number of hydrogen-bond acceptors (Lipinski definition) is 5. The fraction of sp³-hybridized carbons (Fsp3) is 0.387. The van der Waals surface area contributed by atoms with Gasteiger partial charge in [-0.1, -0.05) is 101 Å². The number of amides is 1. The molecule has 2 aromatic carbocycles. The third-order valence-corrected chi connectivity index (χ3v) is 7.90. The van der Waals surface area contributed by atoms with E-state index in [-0.39, 0.29) is 5.91 Å². The maximum Gasteiger partial charge on any atom is 0.266 e. The maximum atomic E-state index is 13.3. The normalized spacial score (nSPS) is 14.8. The highest BCUT2D eigenvalue weighted by Gasteiger charge is 2.32. The molecule has 0 saturated carbocycles. The van der Waals surface area contributed by atoms with E-state index < -0.39 is 0 Å². The summed E-state index contributed by atoms with van der Waals surface area (Å²) >= 11 is 6.98. The Labute approximate surface area is 236 Å². The van der Waals surface area contributed by atoms with Gasteiger partial charge in [-0.15, -0.1) is 0 Å². The monoisotopic (exact) mass is 547 g/mol. The molecule has 0 N–H and O–H groups in total. The van der Waals surface area contributed by atoms with Gasteiger partial charge in [0.25, 0.3) is 5.91 Å². The molecule has 4 rings (SSSR count). The fourth-order valence-electron chi connectivity index (χ4n) is 4.41. The second-order valence-corrected chi connectivity index (χ2v) is 11.8. The van der Waals surface area contributed by atoms with Crippen LogP contribution in [0.2, 0.25) is 0 Å². The second kappa shape index (κ2) is 13.3. The predicted octanol–water partition coefficient (Wildman–Crippen LogP) is 8.05. The van der Waals surface area contributed by atoms with E-state index in [2.05, 4.69) is 33.8 Å². The van der Waals surface area contributed by atoms with E-state index in [9.17, 15) is 4.79 Å². The van der Waals surface area contributed by atoms with E-state index in [4.69, 9.17) is 22.1 Å². The van der Waals surface area contributed by atoms with Crippen LogP contribution in [-0.4, -0.2) is 38.1 Å². The van der Waals surface area contributed by atoms with Crippen molar-refractivity contribution < 1.29 is 9.53 Å². The number of carbonyl (C=O) groups is 1. The van der Waals surface area contributed by atoms with Gasteiger partial charge in [-0.2, -0.15) is 5.10 Å². The van der Waals surface area contributed by atoms with E-state index in [1.54, 1.807) is 4.90 Å². The van der Waals surface area contributed by atoms with Gasteiger partial charge < -0.3 is 4.74 Å². The van der Waals surface area contributed by atoms with Crippen LogP contribution in [0.3, 0.4) is 0 Å². The first-order valence-corrected chi connectivity index (χ1v) is 14.7. The molecule has 1 aromatic heterocycles. The Morgan fingerprint density at radius 2 is 1.82 bits per heavy atom. The number of ether oxygens (including phenoxy) is 1. The van der Waals surface area contributed by atoms with Crippen molar-refractivity contribution in [3.8, 4) is 22.7 Å². The summed E-state index contributed by atoms with van der Waals surface area (Å²) in [7, 11) is 0. The van der Waals surface area contributed by atoms with Gasteiger partial charge >= 0.3 is 0 Å². The molecule has 0 aliphatic carbocycles. The molecule has 1 amide bonds. The Kier molecular flexibility index (Phi) is 9.80. The zero-order valence-corrected chi connectivity index (χ0v) is 24.4. The van der Waals surface area contributed by atoms with Crippen molar-refractivity contribution in [1.82, 2.24) is 14.7 Å². The molecule has 0 spiro atoms. The number of carbonyl (C=O) groups excluding carboxylic acids is 1. The Morgan fingerprint density at radius 3 is 2.55 bits per heavy atom. The first-order valence-electron chi connectivity index (χ1n) is 13.5. The topological polar surface area (TPSA) is 47.4 Å². The minimum atomic E-state index is -0.0142. The summed E-state index contributed by atoms with van der Waals surface area (Å²) < 4.78 is 8.61. The molecule has 1 aliphatic heterocycles. The lowest BCUT2D eigenvalue weighted by Crippen LogP contribution is -2.29. The lowest BCUT2D eigenvalue weighted by Gasteiger charge is -2.14. The standard InChI is InChI=1S/C31H37N3O2S2/c1-5-6-7-8-12-18-33-30(35)28(38-31(33)37)19-24-20-34(25-14-10-9-11-15-25)32-29(24)26-16-13-17-27(23(26)4)36-21-22(2)3/h9-11,13-17,19-20,22H,5-8,12,18,21H2,1-4H3. The number of benzene rings is 2. The van der Waals surface area contributed by atoms with Crippen LogP contribution in [0.1, 0.15) is 64.0 Å². The van der Waals surface area contributed by atoms with Crippen molar-refractivity contribution in [2.75, 3.05) is 13.2 Å². The molecule has 1 aliphatic rings. The van der Waals surface area contributed by atoms with Crippen LogP contribution < -0.4 is 4.74 Å². The smallest absolute Gasteiger partial charge is 0.266 e. The molecular formula is C31H37N3O2S2. The fourth-order valence-corrected chi connectivity index (χ4v) is 5.71. The van der Waals surface area contributed by atoms with Gasteiger partial charge in [-0.05, 0) is 43.5 Å². The Hall–Kier alpha value is -2.90. The summed E-state index contributed by atoms with van der Waals surface area (Å²) in [6.07, 6.45) is 9.65. The molecule has 38 heavy (non-hydrogen) atoms. The molecule has 3 aromatic rings. The minimum Gasteiger partial charge on any atom is -0.493 e. The van der Waals surface area contributed by atoms with Crippen LogP contribution in [0.25, 0.3) is 23.0 Å². The lowest BCUT2D eigenvalue weighted by atomic mass is 10.0. The summed E-state index contributed by atoms with van der Waals surface area (Å²) in [4.78, 5) is 15.7. The summed E-state index contributed by atoms with van der Waals surface area (Å²) in [6.45, 7) is 9.87. The molecule has 0 atom stereocenters. The van der Waals surface area contributed by atoms with Crippen LogP contribution in [0, 0.1) is 12.8 Å². The van der Waals surface area contributed by atoms with E-state index in [0.717, 1.165) is 46.7 Å². The molecule has 1 saturated heterocycles. The van der Waals surface area contributed by atoms with Crippen molar-refractivity contribution in [2.24, 2.45) is 5.92 Å². The number of unbranched alkanes of at least 4 members (excludes halogenated alkanes) is 4. The van der Waals surface area contributed by atoms with E-state index >= 15 is 0 Å². The average molecular weight is 548 g/mol. The molecule has 0 bridgehead atoms. The number of thiocarbonyl (C=S) groups is 1. The van der Waals surface area contributed by atoms with Crippen molar-refractivity contribution in [3.05, 3.63) is 70.8 Å². The molecule has 7 heteroatoms. The highest BCUT2D eigenvalue weighted by atomic mass is 32.2. The van der Waals surface area contributed by atoms with Gasteiger partial charge in [-0.25, -0.2) is 4.68 Å². The highest BCUT2D eigenvalue weighted by Crippen LogP contribution is 2.37. The van der Waals surface area contributed by atoms with Crippen molar-refractivity contribution in [1.29, 1.82) is 0 Å². The van der Waals surface area contributed by atoms with Crippen molar-refractivity contribution >= 4 is 40.3 Å². The lowest BCUT2D eigenvalue weighted by molar-refractivity contribution is -0.122. The number of para-hydroxylation sites is 1. The maximum absolute atomic E-state index is 13.3. The average Bonchev–Trinajstić information content (AvgIpc) is 3.44. The summed E-state index contributed by atoms with van der Waals surface area (Å²) in [5.74, 6) is 1.27. The SMILES string of the molecule is CCCCCCCN1C(=O)C(=Cc2cn(-c3ccccc3)nc2-c2cccc(OCC(C)C)c2C)SC1=S. The Morgan fingerprint density at radius 1 is 1.05 bits per heavy atom. The van der Waals surface area contributed by atoms with Gasteiger partial charge in [0.05, 0.1) is 17.2 Å². The first-order chi connectivity index (χ1) is 18.4. The quantitative estimate of drug-likeness (QED) is 0.130. The molecule has 200 valence electrons. The van der Waals surface area contributed by atoms with Gasteiger partial charge in [0.15, 0.2) is 0 Å². The van der Waals surface area contributed by atoms with Gasteiger partial charge in [0.2, 0.25) is 0 Å². The van der Waals surface area contributed by atoms with Crippen LogP contribution in [0.4, 0.5) is 0 Å². The zero-order valence-electron chi connectivity index (χ0n) is 22.8. The largest absolute Gasteiger partial charge is 0.493 e. The molecule has 1 fully saturated rings. The van der Waals surface area contributed by atoms with Crippen LogP contribution in [0.15, 0.2) is 59.6 Å². The molecule has 0 unspecified atom stereocenters.